The molecule has 1 aromatic heterocycles. The maximum Gasteiger partial charge on any atom is 0.494 e. The van der Waals surface area contributed by atoms with Crippen molar-refractivity contribution in [2.75, 3.05) is 0 Å². The molecule has 2 saturated heterocycles. The second-order valence-corrected chi connectivity index (χ2v) is 19.3. The van der Waals surface area contributed by atoms with Gasteiger partial charge in [-0.2, -0.15) is 0 Å². The first-order chi connectivity index (χ1) is 30.2. The van der Waals surface area contributed by atoms with E-state index in [1.54, 1.807) is 0 Å². The first-order valence-electron chi connectivity index (χ1n) is 21.3. The third-order valence-corrected chi connectivity index (χ3v) is 13.3. The first-order valence-corrected chi connectivity index (χ1v) is 21.3. The van der Waals surface area contributed by atoms with Gasteiger partial charge in [0.05, 0.1) is 33.4 Å². The minimum Gasteiger partial charge on any atom is -0.399 e. The highest BCUT2D eigenvalue weighted by Gasteiger charge is 2.53. The van der Waals surface area contributed by atoms with Crippen LogP contribution in [0.2, 0.25) is 0 Å². The molecule has 8 rings (SSSR count). The molecule has 1 aliphatic carbocycles. The van der Waals surface area contributed by atoms with E-state index < -0.39 is 42.1 Å². The molecular weight excluding hydrogens is 784 g/mol. The van der Waals surface area contributed by atoms with Crippen molar-refractivity contribution in [3.8, 4) is 113 Å². The summed E-state index contributed by atoms with van der Waals surface area (Å²) < 4.78 is 28.6. The lowest BCUT2D eigenvalue weighted by molar-refractivity contribution is 0.00578. The van der Waals surface area contributed by atoms with Crippen LogP contribution in [0.3, 0.4) is 0 Å². The van der Waals surface area contributed by atoms with Crippen LogP contribution in [0.1, 0.15) is 92.9 Å². The lowest BCUT2D eigenvalue weighted by atomic mass is 9.73. The van der Waals surface area contributed by atoms with Crippen LogP contribution < -0.4 is 10.9 Å². The van der Waals surface area contributed by atoms with Gasteiger partial charge in [0.2, 0.25) is 0 Å². The summed E-state index contributed by atoms with van der Waals surface area (Å²) in [4.78, 5) is 0. The monoisotopic (exact) mass is 831 g/mol. The molecule has 0 bridgehead atoms. The van der Waals surface area contributed by atoms with Gasteiger partial charge < -0.3 is 23.2 Å². The number of aromatic nitrogens is 1. The highest BCUT2D eigenvalue weighted by Crippen LogP contribution is 2.51. The normalized spacial score (nSPS) is 17.5. The molecular formula is C57H47B2NO4. The molecule has 5 nitrogen and oxygen atoms in total. The average Bonchev–Trinajstić information content (AvgIpc) is 3.85. The van der Waals surface area contributed by atoms with E-state index in [-0.39, 0.29) is 5.41 Å². The predicted octanol–water partition coefficient (Wildman–Crippen LogP) is 8.23. The smallest absolute Gasteiger partial charge is 0.399 e. The van der Waals surface area contributed by atoms with Gasteiger partial charge in [-0.05, 0) is 201 Å². The Labute approximate surface area is 380 Å². The fourth-order valence-electron chi connectivity index (χ4n) is 8.32. The van der Waals surface area contributed by atoms with E-state index in [2.05, 4.69) is 209 Å². The molecule has 0 radical (unpaired) electrons. The molecule has 64 heavy (non-hydrogen) atoms. The number of nitrogens with zero attached hydrogens (tertiary/aromatic N) is 1. The van der Waals surface area contributed by atoms with Crippen molar-refractivity contribution in [2.45, 2.75) is 109 Å². The maximum atomic E-state index is 6.57. The number of rotatable bonds is 3. The molecule has 0 N–H and O–H groups in total. The quantitative estimate of drug-likeness (QED) is 0.136. The largest absolute Gasteiger partial charge is 0.494 e. The number of fused-ring (bicyclic) bond motifs is 6. The van der Waals surface area contributed by atoms with Crippen molar-refractivity contribution < 1.29 is 18.6 Å². The van der Waals surface area contributed by atoms with Gasteiger partial charge in [-0.15, -0.1) is 12.8 Å². The van der Waals surface area contributed by atoms with Crippen molar-refractivity contribution in [1.29, 1.82) is 0 Å². The van der Waals surface area contributed by atoms with E-state index >= 15 is 0 Å². The van der Waals surface area contributed by atoms with Gasteiger partial charge in [0, 0.05) is 16.5 Å². The molecule has 2 fully saturated rings. The van der Waals surface area contributed by atoms with E-state index in [0.29, 0.717) is 0 Å². The molecule has 0 amide bonds. The first kappa shape index (κ1) is 43.8. The predicted molar refractivity (Wildman–Crippen MR) is 261 cm³/mol. The Morgan fingerprint density at radius 2 is 0.938 bits per heavy atom. The van der Waals surface area contributed by atoms with Gasteiger partial charge in [0.25, 0.3) is 0 Å². The molecule has 4 aromatic carbocycles. The molecule has 7 heteroatoms. The van der Waals surface area contributed by atoms with Crippen LogP contribution in [0, 0.1) is 95.7 Å². The Morgan fingerprint density at radius 1 is 0.484 bits per heavy atom. The van der Waals surface area contributed by atoms with Gasteiger partial charge in [-0.1, -0.05) is 75.1 Å². The van der Waals surface area contributed by atoms with Gasteiger partial charge in [-0.25, -0.2) is 0 Å². The molecule has 0 saturated carbocycles. The van der Waals surface area contributed by atoms with E-state index in [9.17, 15) is 0 Å². The van der Waals surface area contributed by atoms with Crippen molar-refractivity contribution in [3.63, 3.8) is 0 Å². The molecule has 310 valence electrons. The Kier molecular flexibility index (Phi) is 10.8. The molecule has 3 heterocycles. The Hall–Kier alpha value is -6.87. The average molecular weight is 832 g/mol. The summed E-state index contributed by atoms with van der Waals surface area (Å²) in [6.07, 6.45) is 10.7. The second kappa shape index (κ2) is 15.7. The SMILES string of the molecule is C#CC#CC#CC#CC1(C#CC#CC#CC#C)c2cc(B3OC(C)(C)C(C)(C)O3)ccc2-c2cc3c4cc(B5OC(C)(C)C(C)(C)O5)ccc4n(-c4ccc(C(C)(C)C)cc4)c3cc21. The molecule has 2 aliphatic heterocycles. The summed E-state index contributed by atoms with van der Waals surface area (Å²) in [5.74, 6) is 39.5. The van der Waals surface area contributed by atoms with E-state index in [4.69, 9.17) is 31.5 Å². The number of hydrogen-bond donors (Lipinski definition) is 0. The molecule has 0 unspecified atom stereocenters. The lowest BCUT2D eigenvalue weighted by Gasteiger charge is -2.32. The zero-order valence-electron chi connectivity index (χ0n) is 38.3. The van der Waals surface area contributed by atoms with Crippen molar-refractivity contribution in [3.05, 3.63) is 89.5 Å². The van der Waals surface area contributed by atoms with Crippen LogP contribution in [0.25, 0.3) is 38.6 Å². The summed E-state index contributed by atoms with van der Waals surface area (Å²) >= 11 is 0. The third-order valence-electron chi connectivity index (χ3n) is 13.3. The molecule has 3 aliphatic rings. The highest BCUT2D eigenvalue weighted by atomic mass is 16.7. The minimum atomic E-state index is -1.23. The Bertz CT molecular complexity index is 3190. The maximum absolute atomic E-state index is 6.57. The summed E-state index contributed by atoms with van der Waals surface area (Å²) in [6.45, 7) is 23.1. The highest BCUT2D eigenvalue weighted by molar-refractivity contribution is 6.63. The fraction of sp³-hybridized carbons (Fsp3) is 0.298. The van der Waals surface area contributed by atoms with Crippen LogP contribution in [0.5, 0.6) is 0 Å². The zero-order valence-corrected chi connectivity index (χ0v) is 38.3. The summed E-state index contributed by atoms with van der Waals surface area (Å²) in [5, 5.41) is 2.09. The Morgan fingerprint density at radius 3 is 1.45 bits per heavy atom. The molecule has 0 atom stereocenters. The van der Waals surface area contributed by atoms with Crippen LogP contribution in [-0.4, -0.2) is 41.2 Å². The summed E-state index contributed by atoms with van der Waals surface area (Å²) in [5.41, 5.74) is 6.29. The van der Waals surface area contributed by atoms with Crippen LogP contribution in [-0.2, 0) is 29.4 Å². The van der Waals surface area contributed by atoms with Crippen molar-refractivity contribution >= 4 is 47.0 Å². The van der Waals surface area contributed by atoms with Crippen molar-refractivity contribution in [2.24, 2.45) is 0 Å². The number of benzene rings is 4. The van der Waals surface area contributed by atoms with Gasteiger partial charge in [0.1, 0.15) is 5.41 Å². The van der Waals surface area contributed by atoms with E-state index in [1.165, 1.54) is 5.56 Å². The van der Waals surface area contributed by atoms with Crippen molar-refractivity contribution in [1.82, 2.24) is 4.57 Å². The molecule has 5 aromatic rings. The topological polar surface area (TPSA) is 41.9 Å². The van der Waals surface area contributed by atoms with E-state index in [1.807, 2.05) is 27.7 Å². The van der Waals surface area contributed by atoms with E-state index in [0.717, 1.165) is 60.7 Å². The minimum absolute atomic E-state index is 0.0236. The fourth-order valence-corrected chi connectivity index (χ4v) is 8.32. The molecule has 0 spiro atoms. The third kappa shape index (κ3) is 7.46. The van der Waals surface area contributed by atoms with Gasteiger partial charge in [0.15, 0.2) is 0 Å². The van der Waals surface area contributed by atoms with Crippen LogP contribution in [0.15, 0.2) is 72.8 Å². The summed E-state index contributed by atoms with van der Waals surface area (Å²) in [7, 11) is -1.18. The van der Waals surface area contributed by atoms with Gasteiger partial charge in [-0.3, -0.25) is 0 Å². The summed E-state index contributed by atoms with van der Waals surface area (Å²) in [6, 6.07) is 26.0. The lowest BCUT2D eigenvalue weighted by Crippen LogP contribution is -2.41. The Balaban J connectivity index is 1.44. The number of terminal acetylenes is 2. The van der Waals surface area contributed by atoms with Crippen LogP contribution >= 0.6 is 0 Å². The second-order valence-electron chi connectivity index (χ2n) is 19.3. The number of hydrogen-bond acceptors (Lipinski definition) is 4. The van der Waals surface area contributed by atoms with Crippen LogP contribution in [0.4, 0.5) is 0 Å². The zero-order chi connectivity index (χ0) is 45.9. The standard InChI is InChI=1S/C57H47B2NO4/c1-14-16-18-20-22-24-34-57(35-25-23-21-19-17-15-2)48-37-42(59-63-55(10,11)56(12,13)64-59)28-32-44(48)45-38-47-46-36-41(58-61-53(6,7)54(8,9)62-58)29-33-50(46)60(51(47)39-49(45)57)43-30-26-40(27-31-43)52(3,4)5/h1-2,26-33,36-39H,3-13H3. The van der Waals surface area contributed by atoms with Gasteiger partial charge >= 0.3 is 14.2 Å².